The van der Waals surface area contributed by atoms with Gasteiger partial charge in [-0.1, -0.05) is 42.5 Å². The number of amides is 2. The van der Waals surface area contributed by atoms with Gasteiger partial charge in [0.2, 0.25) is 5.91 Å². The van der Waals surface area contributed by atoms with Gasteiger partial charge in [0.05, 0.1) is 0 Å². The number of ether oxygens (including phenoxy) is 1. The molecule has 6 nitrogen and oxygen atoms in total. The smallest absolute Gasteiger partial charge is 0.308 e. The largest absolute Gasteiger partial charge is 0.427 e. The van der Waals surface area contributed by atoms with Crippen molar-refractivity contribution in [2.24, 2.45) is 0 Å². The van der Waals surface area contributed by atoms with Gasteiger partial charge in [-0.3, -0.25) is 14.4 Å². The Balaban J connectivity index is 1.48. The second-order valence-corrected chi connectivity index (χ2v) is 7.48. The number of anilines is 1. The van der Waals surface area contributed by atoms with Gasteiger partial charge in [0.1, 0.15) is 5.75 Å². The molecule has 2 amide bonds. The van der Waals surface area contributed by atoms with Crippen LogP contribution in [0.3, 0.4) is 0 Å². The van der Waals surface area contributed by atoms with Crippen molar-refractivity contribution in [3.8, 4) is 5.75 Å². The average molecular weight is 431 g/mol. The highest BCUT2D eigenvalue weighted by Gasteiger charge is 2.09. The minimum absolute atomic E-state index is 0.00158. The summed E-state index contributed by atoms with van der Waals surface area (Å²) in [4.78, 5) is 35.7. The number of hydrogen-bond acceptors (Lipinski definition) is 4. The first-order valence-corrected chi connectivity index (χ1v) is 10.4. The zero-order valence-corrected chi connectivity index (χ0v) is 18.2. The first-order chi connectivity index (χ1) is 15.4. The van der Waals surface area contributed by atoms with Crippen molar-refractivity contribution in [3.63, 3.8) is 0 Å². The van der Waals surface area contributed by atoms with Gasteiger partial charge in [-0.25, -0.2) is 0 Å². The predicted molar refractivity (Wildman–Crippen MR) is 123 cm³/mol. The standard InChI is InChI=1S/C26H26N2O4/c1-18-6-3-4-7-21(18)12-15-25(30)27-17-20-10-13-23(14-11-20)28-26(31)22-8-5-9-24(16-22)32-19(2)29/h3-11,13-14,16H,12,15,17H2,1-2H3,(H,27,30)(H,28,31). The van der Waals surface area contributed by atoms with Gasteiger partial charge >= 0.3 is 5.97 Å². The van der Waals surface area contributed by atoms with Crippen molar-refractivity contribution in [1.82, 2.24) is 5.32 Å². The van der Waals surface area contributed by atoms with E-state index in [1.54, 1.807) is 30.3 Å². The van der Waals surface area contributed by atoms with E-state index in [0.29, 0.717) is 36.4 Å². The molecule has 0 spiro atoms. The van der Waals surface area contributed by atoms with E-state index in [-0.39, 0.29) is 11.8 Å². The summed E-state index contributed by atoms with van der Waals surface area (Å²) in [6.07, 6.45) is 1.15. The lowest BCUT2D eigenvalue weighted by molar-refractivity contribution is -0.131. The number of carbonyl (C=O) groups excluding carboxylic acids is 3. The molecule has 0 heterocycles. The molecule has 0 aliphatic carbocycles. The van der Waals surface area contributed by atoms with Crippen molar-refractivity contribution >= 4 is 23.5 Å². The van der Waals surface area contributed by atoms with Crippen molar-refractivity contribution in [2.45, 2.75) is 33.2 Å². The summed E-state index contributed by atoms with van der Waals surface area (Å²) in [5.41, 5.74) is 4.32. The number of aryl methyl sites for hydroxylation is 2. The van der Waals surface area contributed by atoms with Crippen LogP contribution in [0.15, 0.2) is 72.8 Å². The van der Waals surface area contributed by atoms with Crippen molar-refractivity contribution in [1.29, 1.82) is 0 Å². The Labute approximate surface area is 187 Å². The van der Waals surface area contributed by atoms with Crippen LogP contribution in [0, 0.1) is 6.92 Å². The molecule has 32 heavy (non-hydrogen) atoms. The van der Waals surface area contributed by atoms with Gasteiger partial charge < -0.3 is 15.4 Å². The molecule has 0 radical (unpaired) electrons. The molecular formula is C26H26N2O4. The molecule has 6 heteroatoms. The Kier molecular flexibility index (Phi) is 7.75. The van der Waals surface area contributed by atoms with Gasteiger partial charge in [-0.05, 0) is 60.4 Å². The Bertz CT molecular complexity index is 1110. The Hall–Kier alpha value is -3.93. The molecule has 2 N–H and O–H groups in total. The number of benzene rings is 3. The number of hydrogen-bond donors (Lipinski definition) is 2. The third kappa shape index (κ3) is 6.80. The quantitative estimate of drug-likeness (QED) is 0.409. The molecular weight excluding hydrogens is 404 g/mol. The normalized spacial score (nSPS) is 10.3. The Morgan fingerprint density at radius 3 is 2.38 bits per heavy atom. The molecule has 3 aromatic rings. The molecule has 3 rings (SSSR count). The summed E-state index contributed by atoms with van der Waals surface area (Å²) in [5, 5.41) is 5.74. The summed E-state index contributed by atoms with van der Waals surface area (Å²) in [6, 6.07) is 21.8. The van der Waals surface area contributed by atoms with Crippen LogP contribution in [0.1, 0.15) is 40.4 Å². The van der Waals surface area contributed by atoms with E-state index < -0.39 is 5.97 Å². The zero-order valence-electron chi connectivity index (χ0n) is 18.2. The third-order valence-corrected chi connectivity index (χ3v) is 4.94. The number of carbonyl (C=O) groups is 3. The lowest BCUT2D eigenvalue weighted by Gasteiger charge is -2.09. The minimum atomic E-state index is -0.444. The maximum Gasteiger partial charge on any atom is 0.308 e. The van der Waals surface area contributed by atoms with Gasteiger partial charge in [0.25, 0.3) is 5.91 Å². The third-order valence-electron chi connectivity index (χ3n) is 4.94. The molecule has 0 atom stereocenters. The van der Waals surface area contributed by atoms with Crippen molar-refractivity contribution < 1.29 is 19.1 Å². The van der Waals surface area contributed by atoms with Crippen LogP contribution in [0.25, 0.3) is 0 Å². The summed E-state index contributed by atoms with van der Waals surface area (Å²) in [5.74, 6) is -0.436. The van der Waals surface area contributed by atoms with E-state index in [4.69, 9.17) is 4.74 Å². The molecule has 0 bridgehead atoms. The SMILES string of the molecule is CC(=O)Oc1cccc(C(=O)Nc2ccc(CNC(=O)CCc3ccccc3C)cc2)c1. The van der Waals surface area contributed by atoms with Gasteiger partial charge in [0, 0.05) is 31.1 Å². The molecule has 0 unspecified atom stereocenters. The zero-order chi connectivity index (χ0) is 22.9. The van der Waals surface area contributed by atoms with Crippen LogP contribution in [0.5, 0.6) is 5.75 Å². The fraction of sp³-hybridized carbons (Fsp3) is 0.192. The molecule has 0 saturated heterocycles. The van der Waals surface area contributed by atoms with E-state index in [9.17, 15) is 14.4 Å². The predicted octanol–water partition coefficient (Wildman–Crippen LogP) is 4.42. The van der Waals surface area contributed by atoms with Gasteiger partial charge in [0.15, 0.2) is 0 Å². The van der Waals surface area contributed by atoms with E-state index in [1.807, 2.05) is 43.3 Å². The lowest BCUT2D eigenvalue weighted by Crippen LogP contribution is -2.23. The van der Waals surface area contributed by atoms with Crippen LogP contribution in [-0.4, -0.2) is 17.8 Å². The van der Waals surface area contributed by atoms with Crippen LogP contribution < -0.4 is 15.4 Å². The molecule has 3 aromatic carbocycles. The average Bonchev–Trinajstić information content (AvgIpc) is 2.78. The van der Waals surface area contributed by atoms with Crippen LogP contribution in [-0.2, 0) is 22.6 Å². The van der Waals surface area contributed by atoms with E-state index in [2.05, 4.69) is 10.6 Å². The van der Waals surface area contributed by atoms with E-state index >= 15 is 0 Å². The fourth-order valence-electron chi connectivity index (χ4n) is 3.20. The van der Waals surface area contributed by atoms with Crippen LogP contribution in [0.4, 0.5) is 5.69 Å². The van der Waals surface area contributed by atoms with Crippen LogP contribution >= 0.6 is 0 Å². The second-order valence-electron chi connectivity index (χ2n) is 7.48. The van der Waals surface area contributed by atoms with E-state index in [0.717, 1.165) is 5.56 Å². The molecule has 164 valence electrons. The lowest BCUT2D eigenvalue weighted by atomic mass is 10.0. The summed E-state index contributed by atoms with van der Waals surface area (Å²) >= 11 is 0. The highest BCUT2D eigenvalue weighted by atomic mass is 16.5. The topological polar surface area (TPSA) is 84.5 Å². The Morgan fingerprint density at radius 2 is 1.66 bits per heavy atom. The first kappa shape index (κ1) is 22.7. The second kappa shape index (κ2) is 10.9. The summed E-state index contributed by atoms with van der Waals surface area (Å²) in [7, 11) is 0. The van der Waals surface area contributed by atoms with Crippen molar-refractivity contribution in [3.05, 3.63) is 95.1 Å². The summed E-state index contributed by atoms with van der Waals surface area (Å²) in [6.45, 7) is 3.77. The highest BCUT2D eigenvalue weighted by molar-refractivity contribution is 6.04. The molecule has 0 aliphatic rings. The number of rotatable bonds is 8. The van der Waals surface area contributed by atoms with Gasteiger partial charge in [-0.2, -0.15) is 0 Å². The molecule has 0 aliphatic heterocycles. The van der Waals surface area contributed by atoms with Crippen LogP contribution in [0.2, 0.25) is 0 Å². The highest BCUT2D eigenvalue weighted by Crippen LogP contribution is 2.16. The number of esters is 1. The minimum Gasteiger partial charge on any atom is -0.427 e. The van der Waals surface area contributed by atoms with Gasteiger partial charge in [-0.15, -0.1) is 0 Å². The van der Waals surface area contributed by atoms with E-state index in [1.165, 1.54) is 24.1 Å². The van der Waals surface area contributed by atoms with Crippen molar-refractivity contribution in [2.75, 3.05) is 5.32 Å². The Morgan fingerprint density at radius 1 is 0.906 bits per heavy atom. The monoisotopic (exact) mass is 430 g/mol. The maximum absolute atomic E-state index is 12.5. The molecule has 0 fully saturated rings. The first-order valence-electron chi connectivity index (χ1n) is 10.4. The summed E-state index contributed by atoms with van der Waals surface area (Å²) < 4.78 is 5.01. The maximum atomic E-state index is 12.5. The number of nitrogens with one attached hydrogen (secondary N) is 2. The molecule has 0 saturated carbocycles. The fourth-order valence-corrected chi connectivity index (χ4v) is 3.20. The molecule has 0 aromatic heterocycles.